The van der Waals surface area contributed by atoms with Crippen molar-refractivity contribution in [3.8, 4) is 5.75 Å². The summed E-state index contributed by atoms with van der Waals surface area (Å²) in [5, 5.41) is 3.18. The van der Waals surface area contributed by atoms with Crippen molar-refractivity contribution < 1.29 is 17.9 Å². The minimum Gasteiger partial charge on any atom is -0.406 e. The van der Waals surface area contributed by atoms with E-state index >= 15 is 0 Å². The Kier molecular flexibility index (Phi) is 4.91. The first-order valence-corrected chi connectivity index (χ1v) is 7.00. The molecule has 1 fully saturated rings. The van der Waals surface area contributed by atoms with Crippen LogP contribution in [0.15, 0.2) is 24.3 Å². The van der Waals surface area contributed by atoms with E-state index in [1.165, 1.54) is 18.6 Å². The topological polar surface area (TPSA) is 21.3 Å². The number of benzene rings is 1. The molecule has 0 aliphatic heterocycles. The lowest BCUT2D eigenvalue weighted by Crippen LogP contribution is -2.27. The number of nitrogens with one attached hydrogen (secondary N) is 1. The Morgan fingerprint density at radius 3 is 2.70 bits per heavy atom. The molecule has 2 atom stereocenters. The zero-order chi connectivity index (χ0) is 14.6. The van der Waals surface area contributed by atoms with E-state index in [2.05, 4.69) is 10.1 Å². The van der Waals surface area contributed by atoms with Crippen molar-refractivity contribution in [2.45, 2.75) is 38.0 Å². The number of rotatable bonds is 4. The van der Waals surface area contributed by atoms with Gasteiger partial charge < -0.3 is 10.1 Å². The molecule has 1 N–H and O–H groups in total. The molecule has 2 unspecified atom stereocenters. The monoisotopic (exact) mass is 287 g/mol. The molecule has 1 aromatic rings. The number of hydrogen-bond donors (Lipinski definition) is 1. The maximum atomic E-state index is 12.3. The fourth-order valence-corrected chi connectivity index (χ4v) is 3.10. The lowest BCUT2D eigenvalue weighted by atomic mass is 9.75. The molecule has 5 heteroatoms. The molecule has 2 rings (SSSR count). The lowest BCUT2D eigenvalue weighted by molar-refractivity contribution is -0.274. The summed E-state index contributed by atoms with van der Waals surface area (Å²) in [6.45, 7) is 0.898. The maximum absolute atomic E-state index is 12.3. The van der Waals surface area contributed by atoms with Crippen LogP contribution in [0.3, 0.4) is 0 Å². The first-order chi connectivity index (χ1) is 9.49. The Bertz CT molecular complexity index is 431. The van der Waals surface area contributed by atoms with E-state index in [-0.39, 0.29) is 5.75 Å². The second-order valence-electron chi connectivity index (χ2n) is 5.33. The van der Waals surface area contributed by atoms with Crippen molar-refractivity contribution in [2.24, 2.45) is 5.92 Å². The summed E-state index contributed by atoms with van der Waals surface area (Å²) in [7, 11) is 1.91. The molecular weight excluding hydrogens is 267 g/mol. The minimum absolute atomic E-state index is 0.121. The predicted octanol–water partition coefficient (Wildman–Crippen LogP) is 4.08. The third-order valence-corrected chi connectivity index (χ3v) is 3.90. The van der Waals surface area contributed by atoms with E-state index < -0.39 is 6.36 Å². The summed E-state index contributed by atoms with van der Waals surface area (Å²) in [6, 6.07) is 6.43. The third-order valence-electron chi connectivity index (χ3n) is 3.90. The Labute approximate surface area is 117 Å². The summed E-state index contributed by atoms with van der Waals surface area (Å²) in [6.07, 6.45) is -0.149. The van der Waals surface area contributed by atoms with Crippen LogP contribution in [0.25, 0.3) is 0 Å². The highest BCUT2D eigenvalue weighted by molar-refractivity contribution is 5.31. The van der Waals surface area contributed by atoms with Gasteiger partial charge in [-0.05, 0) is 56.0 Å². The van der Waals surface area contributed by atoms with E-state index in [1.807, 2.05) is 13.1 Å². The van der Waals surface area contributed by atoms with Crippen molar-refractivity contribution in [3.63, 3.8) is 0 Å². The van der Waals surface area contributed by atoms with Gasteiger partial charge in [-0.15, -0.1) is 13.2 Å². The second-order valence-corrected chi connectivity index (χ2v) is 5.33. The molecule has 20 heavy (non-hydrogen) atoms. The molecule has 0 spiro atoms. The van der Waals surface area contributed by atoms with Gasteiger partial charge in [0.25, 0.3) is 0 Å². The highest BCUT2D eigenvalue weighted by Crippen LogP contribution is 2.38. The summed E-state index contributed by atoms with van der Waals surface area (Å²) in [5.74, 6) is 0.673. The number of hydrogen-bond acceptors (Lipinski definition) is 2. The van der Waals surface area contributed by atoms with Crippen LogP contribution in [0.4, 0.5) is 13.2 Å². The molecule has 0 aromatic heterocycles. The average molecular weight is 287 g/mol. The smallest absolute Gasteiger partial charge is 0.406 e. The molecule has 1 aromatic carbocycles. The Balaban J connectivity index is 2.16. The van der Waals surface area contributed by atoms with Gasteiger partial charge in [-0.25, -0.2) is 0 Å². The molecule has 1 aliphatic rings. The molecule has 112 valence electrons. The van der Waals surface area contributed by atoms with Crippen LogP contribution in [0, 0.1) is 5.92 Å². The summed E-state index contributed by atoms with van der Waals surface area (Å²) >= 11 is 0. The van der Waals surface area contributed by atoms with Gasteiger partial charge in [0.2, 0.25) is 0 Å². The van der Waals surface area contributed by atoms with Gasteiger partial charge in [0.15, 0.2) is 0 Å². The van der Waals surface area contributed by atoms with Gasteiger partial charge in [-0.2, -0.15) is 0 Å². The molecule has 0 heterocycles. The van der Waals surface area contributed by atoms with Crippen LogP contribution in [-0.2, 0) is 0 Å². The minimum atomic E-state index is -4.63. The van der Waals surface area contributed by atoms with E-state index in [9.17, 15) is 13.2 Å². The fraction of sp³-hybridized carbons (Fsp3) is 0.600. The molecule has 1 saturated carbocycles. The second kappa shape index (κ2) is 6.48. The zero-order valence-electron chi connectivity index (χ0n) is 11.5. The molecule has 0 amide bonds. The van der Waals surface area contributed by atoms with Crippen molar-refractivity contribution in [2.75, 3.05) is 13.6 Å². The fourth-order valence-electron chi connectivity index (χ4n) is 3.10. The normalized spacial score (nSPS) is 23.6. The quantitative estimate of drug-likeness (QED) is 0.901. The standard InChI is InChI=1S/C15H20F3NO/c1-19-10-12-5-2-3-8-14(12)11-6-4-7-13(9-11)20-15(16,17)18/h4,6-7,9,12,14,19H,2-3,5,8,10H2,1H3. The predicted molar refractivity (Wildman–Crippen MR) is 71.8 cm³/mol. The average Bonchev–Trinajstić information content (AvgIpc) is 2.38. The van der Waals surface area contributed by atoms with Gasteiger partial charge in [0, 0.05) is 0 Å². The van der Waals surface area contributed by atoms with Gasteiger partial charge in [0.05, 0.1) is 0 Å². The Morgan fingerprint density at radius 1 is 1.25 bits per heavy atom. The van der Waals surface area contributed by atoms with E-state index in [0.29, 0.717) is 11.8 Å². The summed E-state index contributed by atoms with van der Waals surface area (Å²) in [4.78, 5) is 0. The Morgan fingerprint density at radius 2 is 2.00 bits per heavy atom. The van der Waals surface area contributed by atoms with Crippen molar-refractivity contribution in [1.82, 2.24) is 5.32 Å². The number of ether oxygens (including phenoxy) is 1. The van der Waals surface area contributed by atoms with Crippen LogP contribution in [0.2, 0.25) is 0 Å². The number of alkyl halides is 3. The van der Waals surface area contributed by atoms with Gasteiger partial charge in [-0.3, -0.25) is 0 Å². The van der Waals surface area contributed by atoms with Gasteiger partial charge in [-0.1, -0.05) is 25.0 Å². The lowest BCUT2D eigenvalue weighted by Gasteiger charge is -2.32. The molecule has 0 saturated heterocycles. The molecule has 1 aliphatic carbocycles. The summed E-state index contributed by atoms with van der Waals surface area (Å²) < 4.78 is 40.9. The third kappa shape index (κ3) is 4.13. The van der Waals surface area contributed by atoms with Crippen LogP contribution >= 0.6 is 0 Å². The van der Waals surface area contributed by atoms with E-state index in [0.717, 1.165) is 31.4 Å². The highest BCUT2D eigenvalue weighted by atomic mass is 19.4. The van der Waals surface area contributed by atoms with Gasteiger partial charge >= 0.3 is 6.36 Å². The molecular formula is C15H20F3NO. The van der Waals surface area contributed by atoms with Crippen molar-refractivity contribution in [3.05, 3.63) is 29.8 Å². The molecule has 2 nitrogen and oxygen atoms in total. The largest absolute Gasteiger partial charge is 0.573 e. The van der Waals surface area contributed by atoms with E-state index in [1.54, 1.807) is 6.07 Å². The Hall–Kier alpha value is -1.23. The maximum Gasteiger partial charge on any atom is 0.573 e. The van der Waals surface area contributed by atoms with Crippen LogP contribution in [0.1, 0.15) is 37.2 Å². The first kappa shape index (κ1) is 15.2. The van der Waals surface area contributed by atoms with Crippen LogP contribution < -0.4 is 10.1 Å². The number of halogens is 3. The van der Waals surface area contributed by atoms with Gasteiger partial charge in [0.1, 0.15) is 5.75 Å². The van der Waals surface area contributed by atoms with E-state index in [4.69, 9.17) is 0 Å². The molecule has 0 bridgehead atoms. The summed E-state index contributed by atoms with van der Waals surface area (Å²) in [5.41, 5.74) is 0.951. The van der Waals surface area contributed by atoms with Crippen molar-refractivity contribution >= 4 is 0 Å². The highest BCUT2D eigenvalue weighted by Gasteiger charge is 2.32. The SMILES string of the molecule is CNCC1CCCCC1c1cccc(OC(F)(F)F)c1. The van der Waals surface area contributed by atoms with Crippen LogP contribution in [0.5, 0.6) is 5.75 Å². The van der Waals surface area contributed by atoms with Crippen LogP contribution in [-0.4, -0.2) is 20.0 Å². The first-order valence-electron chi connectivity index (χ1n) is 7.00. The molecule has 0 radical (unpaired) electrons. The van der Waals surface area contributed by atoms with Crippen molar-refractivity contribution in [1.29, 1.82) is 0 Å². The zero-order valence-corrected chi connectivity index (χ0v) is 11.5.